The van der Waals surface area contributed by atoms with Gasteiger partial charge in [-0.2, -0.15) is 0 Å². The molecular weight excluding hydrogens is 372 g/mol. The Balaban J connectivity index is 1.78. The van der Waals surface area contributed by atoms with Crippen molar-refractivity contribution in [2.24, 2.45) is 0 Å². The van der Waals surface area contributed by atoms with Gasteiger partial charge in [-0.05, 0) is 59.8 Å². The fraction of sp³-hybridized carbons (Fsp3) is 0.182. The van der Waals surface area contributed by atoms with Gasteiger partial charge in [-0.1, -0.05) is 18.2 Å². The molecule has 3 aromatic rings. The zero-order valence-corrected chi connectivity index (χ0v) is 16.6. The number of nitrogens with one attached hydrogen (secondary N) is 2. The van der Waals surface area contributed by atoms with Gasteiger partial charge in [0.05, 0.1) is 13.0 Å². The third-order valence-corrected chi connectivity index (χ3v) is 5.19. The van der Waals surface area contributed by atoms with E-state index in [2.05, 4.69) is 10.6 Å². The van der Waals surface area contributed by atoms with Gasteiger partial charge < -0.3 is 15.4 Å². The van der Waals surface area contributed by atoms with Gasteiger partial charge in [0, 0.05) is 23.2 Å². The Hall–Kier alpha value is -3.12. The van der Waals surface area contributed by atoms with Gasteiger partial charge in [0.15, 0.2) is 0 Å². The minimum Gasteiger partial charge on any atom is -0.497 e. The van der Waals surface area contributed by atoms with Gasteiger partial charge >= 0.3 is 0 Å². The van der Waals surface area contributed by atoms with Crippen molar-refractivity contribution in [1.29, 1.82) is 0 Å². The predicted molar refractivity (Wildman–Crippen MR) is 113 cm³/mol. The Morgan fingerprint density at radius 1 is 0.964 bits per heavy atom. The lowest BCUT2D eigenvalue weighted by Crippen LogP contribution is -2.22. The van der Waals surface area contributed by atoms with Gasteiger partial charge in [0.25, 0.3) is 0 Å². The number of rotatable bonds is 7. The Morgan fingerprint density at radius 3 is 2.14 bits per heavy atom. The van der Waals surface area contributed by atoms with Gasteiger partial charge in [0.1, 0.15) is 5.75 Å². The van der Waals surface area contributed by atoms with E-state index in [1.165, 1.54) is 6.92 Å². The summed E-state index contributed by atoms with van der Waals surface area (Å²) in [4.78, 5) is 25.3. The first-order chi connectivity index (χ1) is 13.5. The van der Waals surface area contributed by atoms with Crippen molar-refractivity contribution >= 4 is 34.5 Å². The summed E-state index contributed by atoms with van der Waals surface area (Å²) in [5, 5.41) is 7.71. The average molecular weight is 394 g/mol. The molecule has 28 heavy (non-hydrogen) atoms. The second-order valence-electron chi connectivity index (χ2n) is 6.36. The zero-order chi connectivity index (χ0) is 19.9. The number of anilines is 2. The summed E-state index contributed by atoms with van der Waals surface area (Å²) >= 11 is 1.64. The van der Waals surface area contributed by atoms with Gasteiger partial charge in [-0.15, -0.1) is 11.3 Å². The van der Waals surface area contributed by atoms with Crippen LogP contribution in [0, 0.1) is 0 Å². The molecule has 0 bridgehead atoms. The lowest BCUT2D eigenvalue weighted by Gasteiger charge is -2.17. The monoisotopic (exact) mass is 394 g/mol. The van der Waals surface area contributed by atoms with Gasteiger partial charge in [0.2, 0.25) is 11.8 Å². The molecule has 0 spiro atoms. The highest BCUT2D eigenvalue weighted by molar-refractivity contribution is 7.09. The van der Waals surface area contributed by atoms with Crippen LogP contribution in [0.3, 0.4) is 0 Å². The Labute approximate surface area is 168 Å². The van der Waals surface area contributed by atoms with Crippen molar-refractivity contribution in [1.82, 2.24) is 0 Å². The lowest BCUT2D eigenvalue weighted by molar-refractivity contribution is -0.117. The van der Waals surface area contributed by atoms with Gasteiger partial charge in [-0.3, -0.25) is 9.59 Å². The third-order valence-electron chi connectivity index (χ3n) is 4.29. The van der Waals surface area contributed by atoms with E-state index in [9.17, 15) is 9.59 Å². The molecule has 0 fully saturated rings. The van der Waals surface area contributed by atoms with Crippen LogP contribution < -0.4 is 15.4 Å². The topological polar surface area (TPSA) is 67.4 Å². The van der Waals surface area contributed by atoms with Crippen LogP contribution in [0.1, 0.15) is 23.3 Å². The number of carbonyl (C=O) groups excluding carboxylic acids is 2. The maximum Gasteiger partial charge on any atom is 0.232 e. The van der Waals surface area contributed by atoms with Crippen LogP contribution in [-0.2, 0) is 16.0 Å². The standard InChI is InChI=1S/C22H22N2O3S/c1-15(25)23-17-7-9-18(10-8-17)24-22(26)21(14-20-4-3-13-28-20)16-5-11-19(27-2)12-6-16/h3-13,21H,14H2,1-2H3,(H,23,25)(H,24,26). The Bertz CT molecular complexity index is 919. The smallest absolute Gasteiger partial charge is 0.232 e. The molecule has 2 N–H and O–H groups in total. The first-order valence-corrected chi connectivity index (χ1v) is 9.78. The number of hydrogen-bond acceptors (Lipinski definition) is 4. The van der Waals surface area contributed by atoms with Crippen LogP contribution >= 0.6 is 11.3 Å². The zero-order valence-electron chi connectivity index (χ0n) is 15.8. The quantitative estimate of drug-likeness (QED) is 0.611. The maximum atomic E-state index is 13.0. The van der Waals surface area contributed by atoms with Crippen molar-refractivity contribution in [3.05, 3.63) is 76.5 Å². The summed E-state index contributed by atoms with van der Waals surface area (Å²) in [6.45, 7) is 1.46. The molecule has 6 heteroatoms. The van der Waals surface area contributed by atoms with E-state index in [0.717, 1.165) is 16.2 Å². The van der Waals surface area contributed by atoms with Crippen LogP contribution in [0.15, 0.2) is 66.0 Å². The maximum absolute atomic E-state index is 13.0. The summed E-state index contributed by atoms with van der Waals surface area (Å²) in [6, 6.07) is 18.7. The van der Waals surface area contributed by atoms with Crippen LogP contribution in [0.4, 0.5) is 11.4 Å². The van der Waals surface area contributed by atoms with E-state index >= 15 is 0 Å². The van der Waals surface area contributed by atoms with Crippen molar-refractivity contribution in [3.63, 3.8) is 0 Å². The number of carbonyl (C=O) groups is 2. The molecule has 1 heterocycles. The molecule has 0 saturated heterocycles. The molecule has 0 radical (unpaired) electrons. The lowest BCUT2D eigenvalue weighted by atomic mass is 9.94. The van der Waals surface area contributed by atoms with Crippen molar-refractivity contribution < 1.29 is 14.3 Å². The normalized spacial score (nSPS) is 11.5. The van der Waals surface area contributed by atoms with E-state index in [1.54, 1.807) is 42.7 Å². The molecule has 1 aromatic heterocycles. The molecule has 2 aromatic carbocycles. The molecule has 2 amide bonds. The number of amides is 2. The molecule has 0 aliphatic carbocycles. The highest BCUT2D eigenvalue weighted by Gasteiger charge is 2.22. The first kappa shape index (κ1) is 19.6. The highest BCUT2D eigenvalue weighted by atomic mass is 32.1. The average Bonchev–Trinajstić information content (AvgIpc) is 3.20. The van der Waals surface area contributed by atoms with Crippen molar-refractivity contribution in [3.8, 4) is 5.75 Å². The number of ether oxygens (including phenoxy) is 1. The molecule has 3 rings (SSSR count). The predicted octanol–water partition coefficient (Wildman–Crippen LogP) is 4.68. The third kappa shape index (κ3) is 5.20. The molecule has 144 valence electrons. The van der Waals surface area contributed by atoms with E-state index in [1.807, 2.05) is 41.8 Å². The summed E-state index contributed by atoms with van der Waals surface area (Å²) in [5.74, 6) is 0.227. The van der Waals surface area contributed by atoms with Gasteiger partial charge in [-0.25, -0.2) is 0 Å². The number of thiophene rings is 1. The van der Waals surface area contributed by atoms with E-state index in [0.29, 0.717) is 17.8 Å². The first-order valence-electron chi connectivity index (χ1n) is 8.90. The summed E-state index contributed by atoms with van der Waals surface area (Å²) in [6.07, 6.45) is 0.625. The second kappa shape index (κ2) is 9.19. The van der Waals surface area contributed by atoms with Crippen molar-refractivity contribution in [2.45, 2.75) is 19.3 Å². The number of methoxy groups -OCH3 is 1. The summed E-state index contributed by atoms with van der Waals surface area (Å²) in [5.41, 5.74) is 2.31. The van der Waals surface area contributed by atoms with Crippen LogP contribution in [0.5, 0.6) is 5.75 Å². The highest BCUT2D eigenvalue weighted by Crippen LogP contribution is 2.27. The fourth-order valence-electron chi connectivity index (χ4n) is 2.90. The summed E-state index contributed by atoms with van der Waals surface area (Å²) in [7, 11) is 1.62. The fourth-order valence-corrected chi connectivity index (χ4v) is 3.65. The molecule has 0 aliphatic heterocycles. The second-order valence-corrected chi connectivity index (χ2v) is 7.39. The molecule has 0 saturated carbocycles. The summed E-state index contributed by atoms with van der Waals surface area (Å²) < 4.78 is 5.22. The van der Waals surface area contributed by atoms with E-state index in [4.69, 9.17) is 4.74 Å². The van der Waals surface area contributed by atoms with Crippen LogP contribution in [-0.4, -0.2) is 18.9 Å². The number of benzene rings is 2. The minimum atomic E-state index is -0.320. The SMILES string of the molecule is COc1ccc(C(Cc2cccs2)C(=O)Nc2ccc(NC(C)=O)cc2)cc1. The van der Waals surface area contributed by atoms with Crippen LogP contribution in [0.2, 0.25) is 0 Å². The molecule has 5 nitrogen and oxygen atoms in total. The van der Waals surface area contributed by atoms with Crippen LogP contribution in [0.25, 0.3) is 0 Å². The van der Waals surface area contributed by atoms with Crippen molar-refractivity contribution in [2.75, 3.05) is 17.7 Å². The van der Waals surface area contributed by atoms with E-state index < -0.39 is 0 Å². The largest absolute Gasteiger partial charge is 0.497 e. The molecule has 0 aliphatic rings. The minimum absolute atomic E-state index is 0.0779. The van der Waals surface area contributed by atoms with E-state index in [-0.39, 0.29) is 17.7 Å². The molecule has 1 atom stereocenters. The molecular formula is C22H22N2O3S. The Kier molecular flexibility index (Phi) is 6.45. The Morgan fingerprint density at radius 2 is 1.61 bits per heavy atom. The molecule has 1 unspecified atom stereocenters. The number of hydrogen-bond donors (Lipinski definition) is 2.